The summed E-state index contributed by atoms with van der Waals surface area (Å²) >= 11 is 8.68. The van der Waals surface area contributed by atoms with Crippen LogP contribution >= 0.6 is 34.3 Å². The van der Waals surface area contributed by atoms with E-state index in [0.717, 1.165) is 47.7 Å². The van der Waals surface area contributed by atoms with Crippen molar-refractivity contribution >= 4 is 68.7 Å². The van der Waals surface area contributed by atoms with Crippen LogP contribution < -0.4 is 4.90 Å². The quantitative estimate of drug-likeness (QED) is 0.125. The molecule has 3 aromatic carbocycles. The van der Waals surface area contributed by atoms with Gasteiger partial charge in [0.25, 0.3) is 5.24 Å². The molecule has 0 saturated carbocycles. The van der Waals surface area contributed by atoms with Crippen molar-refractivity contribution in [1.82, 2.24) is 0 Å². The van der Waals surface area contributed by atoms with Gasteiger partial charge in [-0.15, -0.1) is 22.7 Å². The maximum Gasteiger partial charge on any atom is 0.252 e. The van der Waals surface area contributed by atoms with Crippen LogP contribution in [-0.4, -0.2) is 5.24 Å². The smallest absolute Gasteiger partial charge is 0.252 e. The van der Waals surface area contributed by atoms with Gasteiger partial charge < -0.3 is 4.90 Å². The second-order valence-electron chi connectivity index (χ2n) is 9.22. The molecule has 0 saturated heterocycles. The maximum absolute atomic E-state index is 11.7. The summed E-state index contributed by atoms with van der Waals surface area (Å²) in [6, 6.07) is 38.4. The lowest BCUT2D eigenvalue weighted by molar-refractivity contribution is 0.108. The van der Waals surface area contributed by atoms with Gasteiger partial charge in [0, 0.05) is 42.1 Å². The minimum atomic E-state index is -0.527. The average Bonchev–Trinajstić information content (AvgIpc) is 3.73. The van der Waals surface area contributed by atoms with Crippen molar-refractivity contribution in [3.63, 3.8) is 0 Å². The predicted octanol–water partition coefficient (Wildman–Crippen LogP) is 9.85. The molecular weight excluding hydrogens is 606 g/mol. The summed E-state index contributed by atoms with van der Waals surface area (Å²) in [6.45, 7) is 0. The number of nitrogens with zero attached hydrogens (tertiary/aromatic N) is 5. The van der Waals surface area contributed by atoms with Gasteiger partial charge in [-0.05, 0) is 108 Å². The molecule has 0 amide bonds. The highest BCUT2D eigenvalue weighted by atomic mass is 35.5. The number of rotatable bonds is 8. The van der Waals surface area contributed by atoms with E-state index in [1.807, 2.05) is 109 Å². The molecule has 0 radical (unpaired) electrons. The first-order valence-corrected chi connectivity index (χ1v) is 15.0. The molecule has 6 nitrogen and oxygen atoms in total. The van der Waals surface area contributed by atoms with Crippen LogP contribution in [0, 0.1) is 45.3 Å². The third-order valence-corrected chi connectivity index (χ3v) is 8.86. The Morgan fingerprint density at radius 1 is 0.568 bits per heavy atom. The van der Waals surface area contributed by atoms with Crippen LogP contribution in [0.3, 0.4) is 0 Å². The number of carbonyl (C=O) groups is 1. The molecule has 0 aliphatic heterocycles. The second kappa shape index (κ2) is 13.5. The highest BCUT2D eigenvalue weighted by Crippen LogP contribution is 2.38. The number of hydrogen-bond donors (Lipinski definition) is 0. The molecule has 208 valence electrons. The van der Waals surface area contributed by atoms with Gasteiger partial charge in [-0.3, -0.25) is 4.79 Å². The second-order valence-corrected chi connectivity index (χ2v) is 11.8. The number of benzene rings is 3. The topological polar surface area (TPSA) is 115 Å². The van der Waals surface area contributed by atoms with Gasteiger partial charge >= 0.3 is 0 Å². The SMILES string of the molecule is N#CC(C#N)=Cc1ccc(-c2ccc(N(c3ccc(C(=O)Cl)cc3)c3ccc(-c4ccc(C=C(C#N)C#N)s4)cc3)cc2)s1. The van der Waals surface area contributed by atoms with Crippen LogP contribution in [0.4, 0.5) is 17.1 Å². The molecule has 0 fully saturated rings. The Balaban J connectivity index is 1.48. The lowest BCUT2D eigenvalue weighted by atomic mass is 10.1. The monoisotopic (exact) mass is 623 g/mol. The van der Waals surface area contributed by atoms with Crippen molar-refractivity contribution in [2.45, 2.75) is 0 Å². The van der Waals surface area contributed by atoms with Crippen molar-refractivity contribution in [3.8, 4) is 45.2 Å². The van der Waals surface area contributed by atoms with Crippen molar-refractivity contribution < 1.29 is 4.79 Å². The Hall–Kier alpha value is -5.74. The molecule has 9 heteroatoms. The van der Waals surface area contributed by atoms with Gasteiger partial charge in [-0.1, -0.05) is 24.3 Å². The van der Waals surface area contributed by atoms with Crippen molar-refractivity contribution in [2.24, 2.45) is 0 Å². The van der Waals surface area contributed by atoms with Gasteiger partial charge in [0.05, 0.1) is 0 Å². The molecule has 0 aliphatic carbocycles. The third-order valence-electron chi connectivity index (χ3n) is 6.48. The maximum atomic E-state index is 11.7. The number of halogens is 1. The van der Waals surface area contributed by atoms with E-state index in [1.165, 1.54) is 22.7 Å². The van der Waals surface area contributed by atoms with E-state index in [-0.39, 0.29) is 11.1 Å². The number of nitriles is 4. The molecule has 5 aromatic rings. The van der Waals surface area contributed by atoms with Crippen molar-refractivity contribution in [3.05, 3.63) is 124 Å². The fraction of sp³-hybridized carbons (Fsp3) is 0. The molecular formula is C35H18ClN5OS2. The van der Waals surface area contributed by atoms with E-state index in [1.54, 1.807) is 24.3 Å². The van der Waals surface area contributed by atoms with Gasteiger partial charge in [0.2, 0.25) is 0 Å². The van der Waals surface area contributed by atoms with Crippen LogP contribution in [0.1, 0.15) is 20.1 Å². The summed E-state index contributed by atoms with van der Waals surface area (Å²) in [7, 11) is 0. The van der Waals surface area contributed by atoms with Crippen LogP contribution in [0.25, 0.3) is 33.0 Å². The fourth-order valence-electron chi connectivity index (χ4n) is 4.37. The average molecular weight is 624 g/mol. The minimum absolute atomic E-state index is 0.0563. The molecule has 0 spiro atoms. The summed E-state index contributed by atoms with van der Waals surface area (Å²) < 4.78 is 0. The molecule has 2 aromatic heterocycles. The summed E-state index contributed by atoms with van der Waals surface area (Å²) in [5, 5.41) is 35.7. The van der Waals surface area contributed by atoms with Crippen molar-refractivity contribution in [1.29, 1.82) is 21.0 Å². The van der Waals surface area contributed by atoms with Crippen LogP contribution in [0.5, 0.6) is 0 Å². The van der Waals surface area contributed by atoms with E-state index in [0.29, 0.717) is 5.56 Å². The normalized spacial score (nSPS) is 9.93. The van der Waals surface area contributed by atoms with Gasteiger partial charge in [-0.2, -0.15) is 21.0 Å². The van der Waals surface area contributed by atoms with Gasteiger partial charge in [0.15, 0.2) is 0 Å². The van der Waals surface area contributed by atoms with E-state index >= 15 is 0 Å². The Bertz CT molecular complexity index is 1920. The summed E-state index contributed by atoms with van der Waals surface area (Å²) in [5.74, 6) is 0. The van der Waals surface area contributed by atoms with Gasteiger partial charge in [-0.25, -0.2) is 0 Å². The Morgan fingerprint density at radius 3 is 1.27 bits per heavy atom. The van der Waals surface area contributed by atoms with Gasteiger partial charge in [0.1, 0.15) is 35.4 Å². The number of hydrogen-bond acceptors (Lipinski definition) is 8. The predicted molar refractivity (Wildman–Crippen MR) is 176 cm³/mol. The Labute approximate surface area is 267 Å². The fourth-order valence-corrected chi connectivity index (χ4v) is 6.41. The zero-order valence-corrected chi connectivity index (χ0v) is 25.1. The lowest BCUT2D eigenvalue weighted by Crippen LogP contribution is -2.10. The molecule has 5 rings (SSSR count). The van der Waals surface area contributed by atoms with E-state index in [4.69, 9.17) is 32.6 Å². The highest BCUT2D eigenvalue weighted by Gasteiger charge is 2.15. The number of anilines is 3. The Morgan fingerprint density at radius 2 is 0.932 bits per heavy atom. The molecule has 0 atom stereocenters. The number of thiophene rings is 2. The van der Waals surface area contributed by atoms with Crippen LogP contribution in [0.15, 0.2) is 108 Å². The molecule has 0 aliphatic rings. The zero-order valence-electron chi connectivity index (χ0n) is 22.7. The molecule has 2 heterocycles. The number of carbonyl (C=O) groups excluding carboxylic acids is 1. The minimum Gasteiger partial charge on any atom is -0.311 e. The summed E-state index contributed by atoms with van der Waals surface area (Å²) in [4.78, 5) is 17.4. The first-order chi connectivity index (χ1) is 21.4. The largest absolute Gasteiger partial charge is 0.311 e. The van der Waals surface area contributed by atoms with E-state index in [9.17, 15) is 4.79 Å². The first-order valence-electron chi connectivity index (χ1n) is 13.0. The summed E-state index contributed by atoms with van der Waals surface area (Å²) in [5.41, 5.74) is 5.11. The van der Waals surface area contributed by atoms with Crippen LogP contribution in [-0.2, 0) is 0 Å². The number of allylic oxidation sites excluding steroid dienone is 2. The molecule has 44 heavy (non-hydrogen) atoms. The van der Waals surface area contributed by atoms with E-state index in [2.05, 4.69) is 4.90 Å². The highest BCUT2D eigenvalue weighted by molar-refractivity contribution is 7.16. The molecule has 0 bridgehead atoms. The third kappa shape index (κ3) is 6.66. The standard InChI is InChI=1S/C35H18ClN5OS2/c36-35(42)27-5-11-30(12-6-27)41(28-7-1-25(2-8-28)33-15-13-31(43-33)17-23(19-37)20-38)29-9-3-26(4-10-29)34-16-14-32(44-34)18-24(21-39)22-40/h1-18H. The van der Waals surface area contributed by atoms with Crippen molar-refractivity contribution in [2.75, 3.05) is 4.90 Å². The lowest BCUT2D eigenvalue weighted by Gasteiger charge is -2.26. The molecule has 0 unspecified atom stereocenters. The molecule has 0 N–H and O–H groups in total. The summed E-state index contributed by atoms with van der Waals surface area (Å²) in [6.07, 6.45) is 3.15. The van der Waals surface area contributed by atoms with E-state index < -0.39 is 5.24 Å². The first kappa shape index (κ1) is 29.7. The van der Waals surface area contributed by atoms with Crippen LogP contribution in [0.2, 0.25) is 0 Å². The Kier molecular flexibility index (Phi) is 9.12. The zero-order chi connectivity index (χ0) is 31.1.